The topological polar surface area (TPSA) is 137 Å². The first-order valence-corrected chi connectivity index (χ1v) is 6.72. The van der Waals surface area contributed by atoms with Crippen LogP contribution in [0.5, 0.6) is 0 Å². The third-order valence-electron chi connectivity index (χ3n) is 2.76. The summed E-state index contributed by atoms with van der Waals surface area (Å²) in [6, 6.07) is 5.22. The first-order valence-electron chi connectivity index (χ1n) is 6.72. The molecule has 0 radical (unpaired) electrons. The van der Waals surface area contributed by atoms with Crippen molar-refractivity contribution in [3.05, 3.63) is 35.4 Å². The average molecular weight is 308 g/mol. The Hall–Kier alpha value is -2.61. The van der Waals surface area contributed by atoms with Crippen molar-refractivity contribution < 1.29 is 19.1 Å². The molecule has 0 atom stereocenters. The molecule has 8 heteroatoms. The van der Waals surface area contributed by atoms with Crippen LogP contribution >= 0.6 is 0 Å². The van der Waals surface area contributed by atoms with Gasteiger partial charge in [0.25, 0.3) is 0 Å². The highest BCUT2D eigenvalue weighted by Crippen LogP contribution is 2.06. The van der Waals surface area contributed by atoms with Crippen LogP contribution in [0.2, 0.25) is 0 Å². The molecule has 1 aromatic carbocycles. The Morgan fingerprint density at radius 2 is 1.82 bits per heavy atom. The van der Waals surface area contributed by atoms with Crippen molar-refractivity contribution in [3.63, 3.8) is 0 Å². The quantitative estimate of drug-likeness (QED) is 0.475. The van der Waals surface area contributed by atoms with Crippen LogP contribution in [0.25, 0.3) is 0 Å². The highest BCUT2D eigenvalue weighted by atomic mass is 16.5. The van der Waals surface area contributed by atoms with Crippen LogP contribution in [-0.2, 0) is 27.5 Å². The third kappa shape index (κ3) is 5.80. The van der Waals surface area contributed by atoms with Gasteiger partial charge in [0.2, 0.25) is 11.8 Å². The molecule has 4 amide bonds. The summed E-state index contributed by atoms with van der Waals surface area (Å²) in [5.74, 6) is -2.03. The second kappa shape index (κ2) is 8.63. The van der Waals surface area contributed by atoms with Crippen molar-refractivity contribution in [2.75, 3.05) is 6.61 Å². The zero-order valence-electron chi connectivity index (χ0n) is 12.3. The van der Waals surface area contributed by atoms with Gasteiger partial charge in [-0.2, -0.15) is 0 Å². The van der Waals surface area contributed by atoms with Gasteiger partial charge in [-0.1, -0.05) is 24.3 Å². The van der Waals surface area contributed by atoms with Gasteiger partial charge in [-0.25, -0.2) is 4.79 Å². The van der Waals surface area contributed by atoms with Crippen molar-refractivity contribution in [2.24, 2.45) is 11.5 Å². The van der Waals surface area contributed by atoms with Gasteiger partial charge in [0.05, 0.1) is 6.61 Å². The number of amides is 4. The maximum atomic E-state index is 11.6. The minimum atomic E-state index is -1.54. The van der Waals surface area contributed by atoms with Crippen LogP contribution < -0.4 is 22.1 Å². The standard InChI is InChI=1S/C14H20N4O4/c1-2-22-8-10-5-3-4-9(6-10)7-17-14(21)18-11(12(15)19)13(16)20/h3-6,11H,2,7-8H2,1H3,(H2,15,19)(H2,16,20)(H2,17,18,21). The maximum absolute atomic E-state index is 11.6. The molecule has 0 saturated carbocycles. The molecule has 0 bridgehead atoms. The Kier molecular flexibility index (Phi) is 6.84. The fourth-order valence-electron chi connectivity index (χ4n) is 1.70. The van der Waals surface area contributed by atoms with Gasteiger partial charge < -0.3 is 26.8 Å². The molecule has 120 valence electrons. The number of nitrogens with two attached hydrogens (primary N) is 2. The molecule has 0 heterocycles. The fraction of sp³-hybridized carbons (Fsp3) is 0.357. The number of carbonyl (C=O) groups excluding carboxylic acids is 3. The monoisotopic (exact) mass is 308 g/mol. The van der Waals surface area contributed by atoms with Crippen LogP contribution in [0.3, 0.4) is 0 Å². The molecule has 8 nitrogen and oxygen atoms in total. The van der Waals surface area contributed by atoms with Gasteiger partial charge in [-0.15, -0.1) is 0 Å². The highest BCUT2D eigenvalue weighted by Gasteiger charge is 2.23. The summed E-state index contributed by atoms with van der Waals surface area (Å²) in [7, 11) is 0. The van der Waals surface area contributed by atoms with Crippen LogP contribution in [0.15, 0.2) is 24.3 Å². The van der Waals surface area contributed by atoms with E-state index in [4.69, 9.17) is 16.2 Å². The number of primary amides is 2. The lowest BCUT2D eigenvalue weighted by Crippen LogP contribution is -2.54. The molecule has 22 heavy (non-hydrogen) atoms. The van der Waals surface area contributed by atoms with E-state index in [9.17, 15) is 14.4 Å². The van der Waals surface area contributed by atoms with Crippen molar-refractivity contribution in [2.45, 2.75) is 26.1 Å². The molecular formula is C14H20N4O4. The average Bonchev–Trinajstić information content (AvgIpc) is 2.48. The van der Waals surface area contributed by atoms with Crippen molar-refractivity contribution in [1.82, 2.24) is 10.6 Å². The Labute approximate surface area is 128 Å². The Bertz CT molecular complexity index is 533. The van der Waals surface area contributed by atoms with Gasteiger partial charge in [0.1, 0.15) is 0 Å². The Morgan fingerprint density at radius 3 is 2.41 bits per heavy atom. The molecule has 0 aliphatic rings. The second-order valence-electron chi connectivity index (χ2n) is 4.52. The van der Waals surface area contributed by atoms with E-state index in [1.807, 2.05) is 31.2 Å². The molecule has 0 unspecified atom stereocenters. The predicted molar refractivity (Wildman–Crippen MR) is 79.3 cm³/mol. The number of carbonyl (C=O) groups is 3. The van der Waals surface area contributed by atoms with Gasteiger partial charge in [-0.05, 0) is 18.1 Å². The van der Waals surface area contributed by atoms with Crippen LogP contribution in [0.4, 0.5) is 4.79 Å². The van der Waals surface area contributed by atoms with Crippen molar-refractivity contribution in [1.29, 1.82) is 0 Å². The summed E-state index contributed by atoms with van der Waals surface area (Å²) in [6.07, 6.45) is 0. The molecule has 0 aliphatic heterocycles. The summed E-state index contributed by atoms with van der Waals surface area (Å²) >= 11 is 0. The van der Waals surface area contributed by atoms with E-state index in [-0.39, 0.29) is 6.54 Å². The molecule has 0 aromatic heterocycles. The molecule has 0 saturated heterocycles. The van der Waals surface area contributed by atoms with E-state index in [0.29, 0.717) is 13.2 Å². The summed E-state index contributed by atoms with van der Waals surface area (Å²) in [5, 5.41) is 4.63. The Morgan fingerprint density at radius 1 is 1.18 bits per heavy atom. The predicted octanol–water partition coefficient (Wildman–Crippen LogP) is -0.638. The fourth-order valence-corrected chi connectivity index (χ4v) is 1.70. The first kappa shape index (κ1) is 17.4. The lowest BCUT2D eigenvalue weighted by Gasteiger charge is -2.13. The van der Waals surface area contributed by atoms with E-state index < -0.39 is 23.9 Å². The SMILES string of the molecule is CCOCc1cccc(CNC(=O)NC(C(N)=O)C(N)=O)c1. The summed E-state index contributed by atoms with van der Waals surface area (Å²) < 4.78 is 5.30. The van der Waals surface area contributed by atoms with E-state index in [0.717, 1.165) is 11.1 Å². The van der Waals surface area contributed by atoms with E-state index in [2.05, 4.69) is 10.6 Å². The minimum Gasteiger partial charge on any atom is -0.377 e. The van der Waals surface area contributed by atoms with Crippen molar-refractivity contribution in [3.8, 4) is 0 Å². The molecule has 0 fully saturated rings. The van der Waals surface area contributed by atoms with E-state index in [1.54, 1.807) is 0 Å². The van der Waals surface area contributed by atoms with E-state index >= 15 is 0 Å². The lowest BCUT2D eigenvalue weighted by atomic mass is 10.1. The molecule has 0 spiro atoms. The number of rotatable bonds is 8. The van der Waals surface area contributed by atoms with Gasteiger partial charge in [-0.3, -0.25) is 9.59 Å². The molecular weight excluding hydrogens is 288 g/mol. The summed E-state index contributed by atoms with van der Waals surface area (Å²) in [5.41, 5.74) is 11.8. The zero-order valence-corrected chi connectivity index (χ0v) is 12.3. The third-order valence-corrected chi connectivity index (χ3v) is 2.76. The number of hydrogen-bond donors (Lipinski definition) is 4. The first-order chi connectivity index (χ1) is 10.4. The molecule has 1 aromatic rings. The second-order valence-corrected chi connectivity index (χ2v) is 4.52. The van der Waals surface area contributed by atoms with Gasteiger partial charge in [0.15, 0.2) is 6.04 Å². The zero-order chi connectivity index (χ0) is 16.5. The molecule has 6 N–H and O–H groups in total. The normalized spacial score (nSPS) is 10.3. The number of urea groups is 1. The van der Waals surface area contributed by atoms with Crippen LogP contribution in [-0.4, -0.2) is 30.5 Å². The highest BCUT2D eigenvalue weighted by molar-refractivity contribution is 6.05. The van der Waals surface area contributed by atoms with E-state index in [1.165, 1.54) is 0 Å². The minimum absolute atomic E-state index is 0.218. The lowest BCUT2D eigenvalue weighted by molar-refractivity contribution is -0.128. The molecule has 1 rings (SSSR count). The smallest absolute Gasteiger partial charge is 0.316 e. The largest absolute Gasteiger partial charge is 0.377 e. The summed E-state index contributed by atoms with van der Waals surface area (Å²) in [6.45, 7) is 3.23. The Balaban J connectivity index is 2.53. The van der Waals surface area contributed by atoms with Gasteiger partial charge >= 0.3 is 6.03 Å². The maximum Gasteiger partial charge on any atom is 0.316 e. The number of ether oxygens (including phenoxy) is 1. The molecule has 0 aliphatic carbocycles. The summed E-state index contributed by atoms with van der Waals surface area (Å²) in [4.78, 5) is 33.6. The number of benzene rings is 1. The van der Waals surface area contributed by atoms with Crippen LogP contribution in [0, 0.1) is 0 Å². The number of hydrogen-bond acceptors (Lipinski definition) is 4. The van der Waals surface area contributed by atoms with Crippen molar-refractivity contribution >= 4 is 17.8 Å². The van der Waals surface area contributed by atoms with Gasteiger partial charge in [0, 0.05) is 13.2 Å². The van der Waals surface area contributed by atoms with Crippen LogP contribution in [0.1, 0.15) is 18.1 Å². The number of nitrogens with one attached hydrogen (secondary N) is 2.